The van der Waals surface area contributed by atoms with Gasteiger partial charge >= 0.3 is 0 Å². The SMILES string of the molecule is CC(=O)N(CC(=O)Nc1ccc2c(c1)OCO2)c1cc(Cl)ccc1C. The van der Waals surface area contributed by atoms with Crippen LogP contribution in [0, 0.1) is 6.92 Å². The van der Waals surface area contributed by atoms with Gasteiger partial charge in [-0.2, -0.15) is 0 Å². The molecule has 130 valence electrons. The Morgan fingerprint density at radius 3 is 2.68 bits per heavy atom. The molecule has 2 aromatic rings. The lowest BCUT2D eigenvalue weighted by Crippen LogP contribution is -2.37. The number of rotatable bonds is 4. The second-order valence-electron chi connectivity index (χ2n) is 5.65. The molecule has 1 heterocycles. The lowest BCUT2D eigenvalue weighted by molar-refractivity contribution is -0.120. The molecule has 0 spiro atoms. The van der Waals surface area contributed by atoms with Crippen molar-refractivity contribution >= 4 is 34.8 Å². The highest BCUT2D eigenvalue weighted by atomic mass is 35.5. The standard InChI is InChI=1S/C18H17ClN2O4/c1-11-3-4-13(19)7-15(11)21(12(2)22)9-18(23)20-14-5-6-16-17(8-14)25-10-24-16/h3-8H,9-10H2,1-2H3,(H,20,23). The highest BCUT2D eigenvalue weighted by Crippen LogP contribution is 2.34. The monoisotopic (exact) mass is 360 g/mol. The van der Waals surface area contributed by atoms with E-state index in [-0.39, 0.29) is 25.2 Å². The molecule has 1 N–H and O–H groups in total. The topological polar surface area (TPSA) is 67.9 Å². The van der Waals surface area contributed by atoms with Gasteiger partial charge < -0.3 is 19.7 Å². The zero-order chi connectivity index (χ0) is 18.0. The van der Waals surface area contributed by atoms with E-state index in [2.05, 4.69) is 5.32 Å². The average Bonchev–Trinajstić information content (AvgIpc) is 3.02. The largest absolute Gasteiger partial charge is 0.454 e. The molecule has 1 aliphatic rings. The van der Waals surface area contributed by atoms with Crippen molar-refractivity contribution in [2.24, 2.45) is 0 Å². The third-order valence-electron chi connectivity index (χ3n) is 3.80. The Bertz CT molecular complexity index is 838. The third kappa shape index (κ3) is 3.85. The molecule has 0 saturated heterocycles. The third-order valence-corrected chi connectivity index (χ3v) is 4.04. The van der Waals surface area contributed by atoms with Crippen molar-refractivity contribution in [1.82, 2.24) is 0 Å². The summed E-state index contributed by atoms with van der Waals surface area (Å²) in [5.74, 6) is 0.643. The average molecular weight is 361 g/mol. The molecule has 6 nitrogen and oxygen atoms in total. The maximum Gasteiger partial charge on any atom is 0.244 e. The Labute approximate surface area is 150 Å². The highest BCUT2D eigenvalue weighted by molar-refractivity contribution is 6.31. The van der Waals surface area contributed by atoms with Crippen LogP contribution >= 0.6 is 11.6 Å². The van der Waals surface area contributed by atoms with Gasteiger partial charge in [0.2, 0.25) is 18.6 Å². The maximum absolute atomic E-state index is 12.4. The van der Waals surface area contributed by atoms with Crippen LogP contribution in [0.3, 0.4) is 0 Å². The van der Waals surface area contributed by atoms with Crippen molar-refractivity contribution in [2.75, 3.05) is 23.6 Å². The van der Waals surface area contributed by atoms with Crippen LogP contribution < -0.4 is 19.7 Å². The molecule has 2 aromatic carbocycles. The number of benzene rings is 2. The van der Waals surface area contributed by atoms with Crippen LogP contribution in [-0.2, 0) is 9.59 Å². The molecule has 0 saturated carbocycles. The van der Waals surface area contributed by atoms with Crippen LogP contribution in [-0.4, -0.2) is 25.2 Å². The Morgan fingerprint density at radius 1 is 1.16 bits per heavy atom. The van der Waals surface area contributed by atoms with Crippen LogP contribution in [0.2, 0.25) is 5.02 Å². The van der Waals surface area contributed by atoms with E-state index in [0.29, 0.717) is 27.9 Å². The van der Waals surface area contributed by atoms with Crippen molar-refractivity contribution in [3.05, 3.63) is 47.0 Å². The minimum atomic E-state index is -0.326. The Morgan fingerprint density at radius 2 is 1.92 bits per heavy atom. The number of carbonyl (C=O) groups is 2. The number of hydrogen-bond acceptors (Lipinski definition) is 4. The summed E-state index contributed by atoms with van der Waals surface area (Å²) in [6.07, 6.45) is 0. The van der Waals surface area contributed by atoms with E-state index in [0.717, 1.165) is 5.56 Å². The first-order valence-electron chi connectivity index (χ1n) is 7.68. The second kappa shape index (κ2) is 7.03. The Balaban J connectivity index is 1.75. The molecule has 0 fully saturated rings. The van der Waals surface area contributed by atoms with Gasteiger partial charge in [0.1, 0.15) is 6.54 Å². The van der Waals surface area contributed by atoms with Gasteiger partial charge in [-0.25, -0.2) is 0 Å². The minimum absolute atomic E-state index is 0.120. The van der Waals surface area contributed by atoms with Crippen molar-refractivity contribution in [2.45, 2.75) is 13.8 Å². The van der Waals surface area contributed by atoms with Gasteiger partial charge in [-0.15, -0.1) is 0 Å². The van der Waals surface area contributed by atoms with Crippen molar-refractivity contribution < 1.29 is 19.1 Å². The first kappa shape index (κ1) is 17.1. The summed E-state index contributed by atoms with van der Waals surface area (Å²) < 4.78 is 10.5. The molecular weight excluding hydrogens is 344 g/mol. The van der Waals surface area contributed by atoms with E-state index in [1.807, 2.05) is 13.0 Å². The van der Waals surface area contributed by atoms with Gasteiger partial charge in [0.05, 0.1) is 0 Å². The number of carbonyl (C=O) groups excluding carboxylic acids is 2. The maximum atomic E-state index is 12.4. The fraction of sp³-hybridized carbons (Fsp3) is 0.222. The summed E-state index contributed by atoms with van der Waals surface area (Å²) in [4.78, 5) is 25.8. The fourth-order valence-corrected chi connectivity index (χ4v) is 2.72. The number of nitrogens with one attached hydrogen (secondary N) is 1. The number of hydrogen-bond donors (Lipinski definition) is 1. The first-order valence-corrected chi connectivity index (χ1v) is 8.05. The molecule has 25 heavy (non-hydrogen) atoms. The molecular formula is C18H17ClN2O4. The van der Waals surface area contributed by atoms with Gasteiger partial charge in [0, 0.05) is 29.4 Å². The zero-order valence-electron chi connectivity index (χ0n) is 13.8. The van der Waals surface area contributed by atoms with E-state index in [1.54, 1.807) is 30.3 Å². The summed E-state index contributed by atoms with van der Waals surface area (Å²) >= 11 is 6.02. The fourth-order valence-electron chi connectivity index (χ4n) is 2.56. The number of ether oxygens (including phenoxy) is 2. The molecule has 0 atom stereocenters. The number of halogens is 1. The number of fused-ring (bicyclic) bond motifs is 1. The lowest BCUT2D eigenvalue weighted by Gasteiger charge is -2.23. The lowest BCUT2D eigenvalue weighted by atomic mass is 10.1. The molecule has 0 unspecified atom stereocenters. The van der Waals surface area contributed by atoms with Crippen LogP contribution in [0.25, 0.3) is 0 Å². The van der Waals surface area contributed by atoms with Gasteiger partial charge in [-0.1, -0.05) is 17.7 Å². The van der Waals surface area contributed by atoms with Gasteiger partial charge in [-0.3, -0.25) is 9.59 Å². The number of anilines is 2. The van der Waals surface area contributed by atoms with Gasteiger partial charge in [-0.05, 0) is 36.8 Å². The molecule has 0 radical (unpaired) electrons. The van der Waals surface area contributed by atoms with E-state index >= 15 is 0 Å². The van der Waals surface area contributed by atoms with E-state index in [4.69, 9.17) is 21.1 Å². The van der Waals surface area contributed by atoms with Crippen molar-refractivity contribution in [3.8, 4) is 11.5 Å². The Kier molecular flexibility index (Phi) is 4.81. The number of aryl methyl sites for hydroxylation is 1. The van der Waals surface area contributed by atoms with Crippen molar-refractivity contribution in [3.63, 3.8) is 0 Å². The molecule has 2 amide bonds. The van der Waals surface area contributed by atoms with E-state index in [9.17, 15) is 9.59 Å². The molecule has 0 bridgehead atoms. The normalized spacial score (nSPS) is 12.0. The van der Waals surface area contributed by atoms with Gasteiger partial charge in [0.15, 0.2) is 11.5 Å². The van der Waals surface area contributed by atoms with Crippen LogP contribution in [0.15, 0.2) is 36.4 Å². The summed E-state index contributed by atoms with van der Waals surface area (Å²) in [5, 5.41) is 3.26. The van der Waals surface area contributed by atoms with Crippen LogP contribution in [0.1, 0.15) is 12.5 Å². The first-order chi connectivity index (χ1) is 11.9. The number of nitrogens with zero attached hydrogens (tertiary/aromatic N) is 1. The predicted molar refractivity (Wildman–Crippen MR) is 95.4 cm³/mol. The van der Waals surface area contributed by atoms with Crippen LogP contribution in [0.5, 0.6) is 11.5 Å². The smallest absolute Gasteiger partial charge is 0.244 e. The Hall–Kier alpha value is -2.73. The molecule has 7 heteroatoms. The molecule has 1 aliphatic heterocycles. The van der Waals surface area contributed by atoms with Gasteiger partial charge in [0.25, 0.3) is 0 Å². The minimum Gasteiger partial charge on any atom is -0.454 e. The quantitative estimate of drug-likeness (QED) is 0.907. The van der Waals surface area contributed by atoms with Crippen LogP contribution in [0.4, 0.5) is 11.4 Å². The molecule has 3 rings (SSSR count). The summed E-state index contributed by atoms with van der Waals surface area (Å²) in [7, 11) is 0. The molecule has 0 aromatic heterocycles. The van der Waals surface area contributed by atoms with E-state index in [1.165, 1.54) is 11.8 Å². The summed E-state index contributed by atoms with van der Waals surface area (Å²) in [6, 6.07) is 10.3. The summed E-state index contributed by atoms with van der Waals surface area (Å²) in [5.41, 5.74) is 2.04. The molecule has 0 aliphatic carbocycles. The number of amides is 2. The van der Waals surface area contributed by atoms with E-state index < -0.39 is 0 Å². The predicted octanol–water partition coefficient (Wildman–Crippen LogP) is 3.37. The summed E-state index contributed by atoms with van der Waals surface area (Å²) in [6.45, 7) is 3.31. The van der Waals surface area contributed by atoms with Crippen molar-refractivity contribution in [1.29, 1.82) is 0 Å². The zero-order valence-corrected chi connectivity index (χ0v) is 14.6. The highest BCUT2D eigenvalue weighted by Gasteiger charge is 2.19. The second-order valence-corrected chi connectivity index (χ2v) is 6.09.